The molecule has 0 aromatic rings. The minimum Gasteiger partial charge on any atom is -0.0654 e. The van der Waals surface area contributed by atoms with Crippen molar-refractivity contribution in [2.45, 2.75) is 227 Å². The zero-order chi connectivity index (χ0) is 25.9. The molecule has 0 heteroatoms. The number of hydrogen-bond donors (Lipinski definition) is 0. The number of unbranched alkanes of at least 4 members (excludes halogenated alkanes) is 29. The summed E-state index contributed by atoms with van der Waals surface area (Å²) in [6.45, 7) is 9.17. The summed E-state index contributed by atoms with van der Waals surface area (Å²) in [4.78, 5) is 0. The van der Waals surface area contributed by atoms with Gasteiger partial charge in [0.1, 0.15) is 0 Å². The van der Waals surface area contributed by atoms with E-state index >= 15 is 0 Å². The Kier molecular flexibility index (Phi) is 40.9. The van der Waals surface area contributed by atoms with E-state index in [2.05, 4.69) is 27.7 Å². The van der Waals surface area contributed by atoms with Crippen molar-refractivity contribution >= 4 is 0 Å². The average molecular weight is 495 g/mol. The molecule has 0 radical (unpaired) electrons. The SMILES string of the molecule is CCCCCCCCCCCCCCCC.CCCCCCCCCCCCCCCCCCC. The van der Waals surface area contributed by atoms with E-state index in [1.807, 2.05) is 0 Å². The molecular weight excluding hydrogens is 420 g/mol. The predicted molar refractivity (Wildman–Crippen MR) is 166 cm³/mol. The maximum atomic E-state index is 2.30. The highest BCUT2D eigenvalue weighted by Gasteiger charge is 1.95. The minimum absolute atomic E-state index is 1.37. The molecule has 0 heterocycles. The van der Waals surface area contributed by atoms with Crippen molar-refractivity contribution in [2.75, 3.05) is 0 Å². The van der Waals surface area contributed by atoms with Crippen LogP contribution in [0.1, 0.15) is 227 Å². The lowest BCUT2D eigenvalue weighted by Gasteiger charge is -2.03. The van der Waals surface area contributed by atoms with Crippen molar-refractivity contribution in [3.05, 3.63) is 0 Å². The lowest BCUT2D eigenvalue weighted by Crippen LogP contribution is -1.83. The quantitative estimate of drug-likeness (QED) is 0.0906. The van der Waals surface area contributed by atoms with Gasteiger partial charge in [-0.15, -0.1) is 0 Å². The molecule has 0 fully saturated rings. The van der Waals surface area contributed by atoms with Crippen LogP contribution in [-0.4, -0.2) is 0 Å². The molecule has 0 aromatic carbocycles. The van der Waals surface area contributed by atoms with Crippen LogP contribution in [-0.2, 0) is 0 Å². The molecule has 0 saturated carbocycles. The fourth-order valence-electron chi connectivity index (χ4n) is 5.07. The summed E-state index contributed by atoms with van der Waals surface area (Å²) in [5.74, 6) is 0. The maximum absolute atomic E-state index is 2.30. The van der Waals surface area contributed by atoms with Crippen LogP contribution in [0.25, 0.3) is 0 Å². The second kappa shape index (κ2) is 38.5. The molecule has 0 aliphatic heterocycles. The molecule has 0 amide bonds. The van der Waals surface area contributed by atoms with E-state index in [-0.39, 0.29) is 0 Å². The largest absolute Gasteiger partial charge is 0.0654 e. The Morgan fingerprint density at radius 2 is 0.229 bits per heavy atom. The molecule has 0 atom stereocenters. The van der Waals surface area contributed by atoms with Crippen molar-refractivity contribution in [1.82, 2.24) is 0 Å². The van der Waals surface area contributed by atoms with Gasteiger partial charge < -0.3 is 0 Å². The van der Waals surface area contributed by atoms with Gasteiger partial charge in [0.05, 0.1) is 0 Å². The molecule has 0 nitrogen and oxygen atoms in total. The van der Waals surface area contributed by atoms with Gasteiger partial charge in [0.15, 0.2) is 0 Å². The third kappa shape index (κ3) is 41.4. The molecule has 0 aliphatic rings. The number of rotatable bonds is 29. The standard InChI is InChI=1S/C19H40.C16H34/c1-3-5-7-9-11-13-15-17-19-18-16-14-12-10-8-6-4-2;1-3-5-7-9-11-13-15-16-14-12-10-8-6-4-2/h3-19H2,1-2H3;3-16H2,1-2H3. The van der Waals surface area contributed by atoms with Crippen molar-refractivity contribution < 1.29 is 0 Å². The van der Waals surface area contributed by atoms with E-state index in [0.29, 0.717) is 0 Å². The summed E-state index contributed by atoms with van der Waals surface area (Å²) in [5.41, 5.74) is 0. The first-order valence-electron chi connectivity index (χ1n) is 17.3. The van der Waals surface area contributed by atoms with Gasteiger partial charge in [0, 0.05) is 0 Å². The highest BCUT2D eigenvalue weighted by molar-refractivity contribution is 4.50. The Morgan fingerprint density at radius 1 is 0.143 bits per heavy atom. The van der Waals surface area contributed by atoms with E-state index in [1.165, 1.54) is 199 Å². The Bertz CT molecular complexity index is 277. The average Bonchev–Trinajstić information content (AvgIpc) is 2.87. The first kappa shape index (κ1) is 37.2. The molecule has 0 bridgehead atoms. The minimum atomic E-state index is 1.37. The fourth-order valence-corrected chi connectivity index (χ4v) is 5.07. The molecule has 0 aliphatic carbocycles. The zero-order valence-electron chi connectivity index (χ0n) is 25.9. The molecule has 35 heavy (non-hydrogen) atoms. The van der Waals surface area contributed by atoms with Gasteiger partial charge in [-0.25, -0.2) is 0 Å². The zero-order valence-corrected chi connectivity index (χ0v) is 25.9. The van der Waals surface area contributed by atoms with Crippen LogP contribution >= 0.6 is 0 Å². The lowest BCUT2D eigenvalue weighted by atomic mass is 10.0. The molecular formula is C35H74. The molecule has 0 N–H and O–H groups in total. The third-order valence-electron chi connectivity index (χ3n) is 7.66. The monoisotopic (exact) mass is 495 g/mol. The molecule has 0 saturated heterocycles. The Hall–Kier alpha value is 0. The summed E-state index contributed by atoms with van der Waals surface area (Å²) in [6, 6.07) is 0. The smallest absolute Gasteiger partial charge is 0.0533 e. The van der Waals surface area contributed by atoms with Crippen molar-refractivity contribution in [3.8, 4) is 0 Å². The second-order valence-electron chi connectivity index (χ2n) is 11.5. The summed E-state index contributed by atoms with van der Waals surface area (Å²) in [7, 11) is 0. The first-order valence-corrected chi connectivity index (χ1v) is 17.3. The van der Waals surface area contributed by atoms with Crippen molar-refractivity contribution in [2.24, 2.45) is 0 Å². The van der Waals surface area contributed by atoms with E-state index in [1.54, 1.807) is 0 Å². The van der Waals surface area contributed by atoms with Crippen LogP contribution < -0.4 is 0 Å². The molecule has 0 spiro atoms. The lowest BCUT2D eigenvalue weighted by molar-refractivity contribution is 0.529. The molecule has 0 unspecified atom stereocenters. The van der Waals surface area contributed by atoms with E-state index in [0.717, 1.165) is 0 Å². The van der Waals surface area contributed by atoms with E-state index in [9.17, 15) is 0 Å². The van der Waals surface area contributed by atoms with Crippen LogP contribution in [0.3, 0.4) is 0 Å². The van der Waals surface area contributed by atoms with Gasteiger partial charge >= 0.3 is 0 Å². The summed E-state index contributed by atoms with van der Waals surface area (Å²) < 4.78 is 0. The topological polar surface area (TPSA) is 0 Å². The van der Waals surface area contributed by atoms with Crippen LogP contribution in [0.2, 0.25) is 0 Å². The van der Waals surface area contributed by atoms with Crippen LogP contribution in [0, 0.1) is 0 Å². The first-order chi connectivity index (χ1) is 17.3. The Morgan fingerprint density at radius 3 is 0.314 bits per heavy atom. The van der Waals surface area contributed by atoms with Gasteiger partial charge in [0.2, 0.25) is 0 Å². The normalized spacial score (nSPS) is 11.0. The second-order valence-corrected chi connectivity index (χ2v) is 11.5. The van der Waals surface area contributed by atoms with Gasteiger partial charge in [0.25, 0.3) is 0 Å². The van der Waals surface area contributed by atoms with E-state index in [4.69, 9.17) is 0 Å². The molecule has 0 aromatic heterocycles. The summed E-state index contributed by atoms with van der Waals surface area (Å²) in [5, 5.41) is 0. The van der Waals surface area contributed by atoms with Gasteiger partial charge in [-0.05, 0) is 0 Å². The van der Waals surface area contributed by atoms with E-state index < -0.39 is 0 Å². The molecule has 0 rings (SSSR count). The van der Waals surface area contributed by atoms with Crippen LogP contribution in [0.4, 0.5) is 0 Å². The highest BCUT2D eigenvalue weighted by atomic mass is 14.0. The van der Waals surface area contributed by atoms with Gasteiger partial charge in [-0.3, -0.25) is 0 Å². The third-order valence-corrected chi connectivity index (χ3v) is 7.66. The summed E-state index contributed by atoms with van der Waals surface area (Å²) >= 11 is 0. The predicted octanol–water partition coefficient (Wildman–Crippen LogP) is 14.1. The Balaban J connectivity index is 0. The van der Waals surface area contributed by atoms with Crippen molar-refractivity contribution in [3.63, 3.8) is 0 Å². The summed E-state index contributed by atoms with van der Waals surface area (Å²) in [6.07, 6.45) is 45.3. The Labute approximate surface area is 226 Å². The van der Waals surface area contributed by atoms with Gasteiger partial charge in [-0.2, -0.15) is 0 Å². The van der Waals surface area contributed by atoms with Crippen LogP contribution in [0.5, 0.6) is 0 Å². The fraction of sp³-hybridized carbons (Fsp3) is 1.00. The van der Waals surface area contributed by atoms with Crippen LogP contribution in [0.15, 0.2) is 0 Å². The maximum Gasteiger partial charge on any atom is -0.0533 e. The van der Waals surface area contributed by atoms with Gasteiger partial charge in [-0.1, -0.05) is 227 Å². The van der Waals surface area contributed by atoms with Crippen molar-refractivity contribution in [1.29, 1.82) is 0 Å². The number of hydrogen-bond acceptors (Lipinski definition) is 0. The molecule has 214 valence electrons. The highest BCUT2D eigenvalue weighted by Crippen LogP contribution is 2.14.